The number of aryl methyl sites for hydroxylation is 1. The molecule has 1 aliphatic heterocycles. The van der Waals surface area contributed by atoms with Crippen LogP contribution in [0.3, 0.4) is 0 Å². The molecule has 3 aromatic heterocycles. The van der Waals surface area contributed by atoms with Gasteiger partial charge in [0.05, 0.1) is 23.4 Å². The number of hydrogen-bond acceptors (Lipinski definition) is 7. The van der Waals surface area contributed by atoms with Gasteiger partial charge in [-0.25, -0.2) is 15.0 Å². The smallest absolute Gasteiger partial charge is 0.130 e. The van der Waals surface area contributed by atoms with Crippen molar-refractivity contribution in [2.45, 2.75) is 31.0 Å². The van der Waals surface area contributed by atoms with Gasteiger partial charge in [-0.2, -0.15) is 0 Å². The van der Waals surface area contributed by atoms with Gasteiger partial charge < -0.3 is 9.64 Å². The Labute approximate surface area is 149 Å². The van der Waals surface area contributed by atoms with Crippen LogP contribution in [0, 0.1) is 6.92 Å². The summed E-state index contributed by atoms with van der Waals surface area (Å²) in [6, 6.07) is 2.18. The number of pyridine rings is 1. The molecule has 0 radical (unpaired) electrons. The van der Waals surface area contributed by atoms with Crippen LogP contribution in [0.15, 0.2) is 17.4 Å². The Kier molecular flexibility index (Phi) is 4.32. The molecule has 0 aromatic carbocycles. The fourth-order valence-corrected chi connectivity index (χ4v) is 5.09. The number of aromatic nitrogens is 3. The number of anilines is 1. The molecule has 1 fully saturated rings. The summed E-state index contributed by atoms with van der Waals surface area (Å²) in [7, 11) is 0. The molecule has 0 aliphatic carbocycles. The van der Waals surface area contributed by atoms with E-state index in [-0.39, 0.29) is 0 Å². The van der Waals surface area contributed by atoms with E-state index in [4.69, 9.17) is 9.72 Å². The van der Waals surface area contributed by atoms with E-state index < -0.39 is 0 Å². The summed E-state index contributed by atoms with van der Waals surface area (Å²) in [5.74, 6) is 1.04. The largest absolute Gasteiger partial charge is 0.378 e. The average molecular weight is 361 g/mol. The van der Waals surface area contributed by atoms with Crippen LogP contribution in [-0.2, 0) is 4.74 Å². The first-order valence-electron chi connectivity index (χ1n) is 8.17. The van der Waals surface area contributed by atoms with Crippen LogP contribution in [-0.4, -0.2) is 46.5 Å². The molecule has 5 nitrogen and oxygen atoms in total. The van der Waals surface area contributed by atoms with Gasteiger partial charge in [-0.05, 0) is 18.6 Å². The SMILES string of the molecule is Cc1cc(N2CCOCC2)nc2sc3c(SC(C)C)ncnc3c12. The van der Waals surface area contributed by atoms with E-state index in [0.717, 1.165) is 52.2 Å². The lowest BCUT2D eigenvalue weighted by atomic mass is 10.2. The van der Waals surface area contributed by atoms with Gasteiger partial charge in [0.15, 0.2) is 0 Å². The number of fused-ring (bicyclic) bond motifs is 3. The second-order valence-electron chi connectivity index (χ2n) is 6.20. The summed E-state index contributed by atoms with van der Waals surface area (Å²) >= 11 is 3.49. The summed E-state index contributed by atoms with van der Waals surface area (Å²) in [5, 5.41) is 2.72. The molecule has 7 heteroatoms. The minimum absolute atomic E-state index is 0.492. The predicted octanol–water partition coefficient (Wildman–Crippen LogP) is 3.89. The van der Waals surface area contributed by atoms with Crippen LogP contribution in [0.1, 0.15) is 19.4 Å². The average Bonchev–Trinajstić information content (AvgIpc) is 2.95. The molecule has 0 N–H and O–H groups in total. The first kappa shape index (κ1) is 16.1. The van der Waals surface area contributed by atoms with Gasteiger partial charge >= 0.3 is 0 Å². The lowest BCUT2D eigenvalue weighted by Crippen LogP contribution is -2.36. The first-order chi connectivity index (χ1) is 11.6. The summed E-state index contributed by atoms with van der Waals surface area (Å²) in [4.78, 5) is 17.3. The number of rotatable bonds is 3. The number of thioether (sulfide) groups is 1. The van der Waals surface area contributed by atoms with Gasteiger partial charge in [-0.3, -0.25) is 0 Å². The van der Waals surface area contributed by atoms with E-state index in [9.17, 15) is 0 Å². The maximum atomic E-state index is 5.45. The topological polar surface area (TPSA) is 51.1 Å². The molecule has 3 aromatic rings. The van der Waals surface area contributed by atoms with Crippen molar-refractivity contribution in [3.63, 3.8) is 0 Å². The van der Waals surface area contributed by atoms with Crippen molar-refractivity contribution in [3.05, 3.63) is 18.0 Å². The minimum Gasteiger partial charge on any atom is -0.378 e. The number of nitrogens with zero attached hydrogens (tertiary/aromatic N) is 4. The van der Waals surface area contributed by atoms with Crippen molar-refractivity contribution in [3.8, 4) is 0 Å². The van der Waals surface area contributed by atoms with Crippen molar-refractivity contribution in [1.82, 2.24) is 15.0 Å². The predicted molar refractivity (Wildman–Crippen MR) is 101 cm³/mol. The second kappa shape index (κ2) is 6.46. The monoisotopic (exact) mass is 360 g/mol. The Morgan fingerprint density at radius 2 is 2.04 bits per heavy atom. The highest BCUT2D eigenvalue weighted by molar-refractivity contribution is 8.00. The summed E-state index contributed by atoms with van der Waals surface area (Å²) in [6.45, 7) is 9.86. The van der Waals surface area contributed by atoms with E-state index in [1.807, 2.05) is 0 Å². The molecular weight excluding hydrogens is 340 g/mol. The lowest BCUT2D eigenvalue weighted by molar-refractivity contribution is 0.122. The summed E-state index contributed by atoms with van der Waals surface area (Å²) < 4.78 is 6.61. The molecule has 0 spiro atoms. The maximum absolute atomic E-state index is 5.45. The number of morpholine rings is 1. The maximum Gasteiger partial charge on any atom is 0.130 e. The third-order valence-electron chi connectivity index (χ3n) is 4.06. The highest BCUT2D eigenvalue weighted by Crippen LogP contribution is 2.39. The molecule has 4 heterocycles. The van der Waals surface area contributed by atoms with Gasteiger partial charge in [-0.1, -0.05) is 13.8 Å². The van der Waals surface area contributed by atoms with E-state index >= 15 is 0 Å². The van der Waals surface area contributed by atoms with Crippen LogP contribution in [0.2, 0.25) is 0 Å². The molecule has 0 atom stereocenters. The quantitative estimate of drug-likeness (QED) is 0.522. The molecule has 0 amide bonds. The Hall–Kier alpha value is -1.44. The van der Waals surface area contributed by atoms with Gasteiger partial charge in [0.1, 0.15) is 22.0 Å². The zero-order valence-electron chi connectivity index (χ0n) is 14.1. The number of ether oxygens (including phenoxy) is 1. The highest BCUT2D eigenvalue weighted by Gasteiger charge is 2.19. The Morgan fingerprint density at radius 3 is 2.79 bits per heavy atom. The molecule has 0 unspecified atom stereocenters. The van der Waals surface area contributed by atoms with Crippen LogP contribution < -0.4 is 4.90 Å². The number of thiophene rings is 1. The van der Waals surface area contributed by atoms with Crippen LogP contribution in [0.5, 0.6) is 0 Å². The second-order valence-corrected chi connectivity index (χ2v) is 8.77. The zero-order chi connectivity index (χ0) is 16.7. The third-order valence-corrected chi connectivity index (χ3v) is 6.27. The molecule has 1 saturated heterocycles. The van der Waals surface area contributed by atoms with Gasteiger partial charge in [0.2, 0.25) is 0 Å². The molecule has 4 rings (SSSR count). The van der Waals surface area contributed by atoms with E-state index in [1.54, 1.807) is 29.4 Å². The normalized spacial score (nSPS) is 15.8. The zero-order valence-corrected chi connectivity index (χ0v) is 15.7. The van der Waals surface area contributed by atoms with E-state index in [0.29, 0.717) is 5.25 Å². The standard InChI is InChI=1S/C17H20N4OS2/c1-10(2)23-17-15-14(18-9-19-17)13-11(3)8-12(20-16(13)24-15)21-4-6-22-7-5-21/h8-10H,4-7H2,1-3H3. The van der Waals surface area contributed by atoms with E-state index in [2.05, 4.69) is 41.7 Å². The summed E-state index contributed by atoms with van der Waals surface area (Å²) in [6.07, 6.45) is 1.68. The number of hydrogen-bond donors (Lipinski definition) is 0. The molecular formula is C17H20N4OS2. The Morgan fingerprint density at radius 1 is 1.25 bits per heavy atom. The molecule has 1 aliphatic rings. The molecule has 0 bridgehead atoms. The Bertz CT molecular complexity index is 887. The fourth-order valence-electron chi connectivity index (χ4n) is 2.97. The van der Waals surface area contributed by atoms with Crippen LogP contribution >= 0.6 is 23.1 Å². The third kappa shape index (κ3) is 2.85. The fraction of sp³-hybridized carbons (Fsp3) is 0.471. The van der Waals surface area contributed by atoms with Crippen molar-refractivity contribution < 1.29 is 4.74 Å². The van der Waals surface area contributed by atoms with Crippen molar-refractivity contribution >= 4 is 49.3 Å². The molecule has 126 valence electrons. The van der Waals surface area contributed by atoms with Gasteiger partial charge in [-0.15, -0.1) is 23.1 Å². The first-order valence-corrected chi connectivity index (χ1v) is 9.87. The van der Waals surface area contributed by atoms with Crippen molar-refractivity contribution in [1.29, 1.82) is 0 Å². The van der Waals surface area contributed by atoms with Gasteiger partial charge in [0, 0.05) is 23.7 Å². The lowest BCUT2D eigenvalue weighted by Gasteiger charge is -2.28. The van der Waals surface area contributed by atoms with Crippen molar-refractivity contribution in [2.24, 2.45) is 0 Å². The highest BCUT2D eigenvalue weighted by atomic mass is 32.2. The Balaban J connectivity index is 1.87. The summed E-state index contributed by atoms with van der Waals surface area (Å²) in [5.41, 5.74) is 2.26. The minimum atomic E-state index is 0.492. The van der Waals surface area contributed by atoms with Crippen LogP contribution in [0.4, 0.5) is 5.82 Å². The molecule has 24 heavy (non-hydrogen) atoms. The van der Waals surface area contributed by atoms with Crippen molar-refractivity contribution in [2.75, 3.05) is 31.2 Å². The van der Waals surface area contributed by atoms with E-state index in [1.165, 1.54) is 10.9 Å². The van der Waals surface area contributed by atoms with Crippen LogP contribution in [0.25, 0.3) is 20.4 Å². The van der Waals surface area contributed by atoms with Gasteiger partial charge in [0.25, 0.3) is 0 Å². The molecule has 0 saturated carbocycles.